The topological polar surface area (TPSA) is 41.1 Å². The molecule has 0 saturated heterocycles. The van der Waals surface area contributed by atoms with Crippen molar-refractivity contribution >= 4 is 23.0 Å². The highest BCUT2D eigenvalue weighted by molar-refractivity contribution is 5.91. The van der Waals surface area contributed by atoms with Crippen LogP contribution < -0.4 is 10.6 Å². The molecule has 2 aromatic carbocycles. The van der Waals surface area contributed by atoms with Crippen molar-refractivity contribution in [1.29, 1.82) is 0 Å². The molecule has 0 aliphatic heterocycles. The summed E-state index contributed by atoms with van der Waals surface area (Å²) in [4.78, 5) is 11.8. The van der Waals surface area contributed by atoms with Gasteiger partial charge in [0.2, 0.25) is 5.91 Å². The van der Waals surface area contributed by atoms with E-state index in [-0.39, 0.29) is 5.91 Å². The van der Waals surface area contributed by atoms with E-state index in [1.165, 1.54) is 5.56 Å². The van der Waals surface area contributed by atoms with Gasteiger partial charge in [0.05, 0.1) is 0 Å². The molecule has 0 aliphatic carbocycles. The molecule has 0 heterocycles. The summed E-state index contributed by atoms with van der Waals surface area (Å²) in [6.45, 7) is 6.23. The van der Waals surface area contributed by atoms with E-state index in [1.807, 2.05) is 44.2 Å². The standard InChI is InChI=1S/C19H24N2O/c1-4-15-7-5-6-8-18(15)20-16-9-11-17(12-10-16)21-19(22)13-14(2)3/h5-12,14,20H,4,13H2,1-3H3,(H,21,22). The van der Waals surface area contributed by atoms with E-state index in [0.717, 1.165) is 23.5 Å². The van der Waals surface area contributed by atoms with Gasteiger partial charge in [-0.1, -0.05) is 39.0 Å². The quantitative estimate of drug-likeness (QED) is 0.789. The molecular weight excluding hydrogens is 272 g/mol. The van der Waals surface area contributed by atoms with Gasteiger partial charge >= 0.3 is 0 Å². The molecule has 0 aromatic heterocycles. The summed E-state index contributed by atoms with van der Waals surface area (Å²) < 4.78 is 0. The zero-order valence-corrected chi connectivity index (χ0v) is 13.5. The van der Waals surface area contributed by atoms with Gasteiger partial charge in [-0.3, -0.25) is 4.79 Å². The second-order valence-electron chi connectivity index (χ2n) is 5.86. The molecule has 22 heavy (non-hydrogen) atoms. The van der Waals surface area contributed by atoms with Crippen molar-refractivity contribution in [2.75, 3.05) is 10.6 Å². The smallest absolute Gasteiger partial charge is 0.224 e. The number of carbonyl (C=O) groups excluding carboxylic acids is 1. The van der Waals surface area contributed by atoms with Gasteiger partial charge in [-0.25, -0.2) is 0 Å². The lowest BCUT2D eigenvalue weighted by Crippen LogP contribution is -2.13. The van der Waals surface area contributed by atoms with Gasteiger partial charge in [0.25, 0.3) is 0 Å². The van der Waals surface area contributed by atoms with E-state index in [4.69, 9.17) is 0 Å². The number of carbonyl (C=O) groups is 1. The first kappa shape index (κ1) is 16.1. The van der Waals surface area contributed by atoms with Crippen LogP contribution in [0, 0.1) is 5.92 Å². The summed E-state index contributed by atoms with van der Waals surface area (Å²) in [5.41, 5.74) is 4.26. The number of benzene rings is 2. The van der Waals surface area contributed by atoms with E-state index in [1.54, 1.807) is 0 Å². The molecule has 2 rings (SSSR count). The Kier molecular flexibility index (Phi) is 5.59. The maximum absolute atomic E-state index is 11.8. The van der Waals surface area contributed by atoms with E-state index >= 15 is 0 Å². The van der Waals surface area contributed by atoms with Gasteiger partial charge in [-0.05, 0) is 48.2 Å². The first-order valence-corrected chi connectivity index (χ1v) is 7.83. The Bertz CT molecular complexity index is 618. The van der Waals surface area contributed by atoms with Crippen molar-refractivity contribution in [2.24, 2.45) is 5.92 Å². The van der Waals surface area contributed by atoms with Crippen molar-refractivity contribution < 1.29 is 4.79 Å². The summed E-state index contributed by atoms with van der Waals surface area (Å²) in [5, 5.41) is 6.34. The zero-order chi connectivity index (χ0) is 15.9. The van der Waals surface area contributed by atoms with Crippen LogP contribution in [0.5, 0.6) is 0 Å². The number of para-hydroxylation sites is 1. The number of anilines is 3. The Hall–Kier alpha value is -2.29. The monoisotopic (exact) mass is 296 g/mol. The fraction of sp³-hybridized carbons (Fsp3) is 0.316. The van der Waals surface area contributed by atoms with Crippen molar-refractivity contribution in [3.05, 3.63) is 54.1 Å². The maximum Gasteiger partial charge on any atom is 0.224 e. The molecule has 0 saturated carbocycles. The van der Waals surface area contributed by atoms with Gasteiger partial charge in [0, 0.05) is 23.5 Å². The number of hydrogen-bond donors (Lipinski definition) is 2. The molecule has 1 amide bonds. The predicted molar refractivity (Wildman–Crippen MR) is 93.6 cm³/mol. The highest BCUT2D eigenvalue weighted by atomic mass is 16.1. The molecule has 2 aromatic rings. The number of nitrogens with one attached hydrogen (secondary N) is 2. The third-order valence-corrected chi connectivity index (χ3v) is 3.44. The van der Waals surface area contributed by atoms with E-state index in [0.29, 0.717) is 12.3 Å². The minimum absolute atomic E-state index is 0.0621. The van der Waals surface area contributed by atoms with Crippen molar-refractivity contribution in [3.8, 4) is 0 Å². The van der Waals surface area contributed by atoms with Crippen LogP contribution in [0.2, 0.25) is 0 Å². The Labute approximate surface area is 132 Å². The molecule has 0 atom stereocenters. The predicted octanol–water partition coefficient (Wildman–Crippen LogP) is 4.98. The first-order chi connectivity index (χ1) is 10.6. The Morgan fingerprint density at radius 2 is 1.64 bits per heavy atom. The van der Waals surface area contributed by atoms with Gasteiger partial charge in [0.1, 0.15) is 0 Å². The minimum atomic E-state index is 0.0621. The van der Waals surface area contributed by atoms with Gasteiger partial charge < -0.3 is 10.6 Å². The van der Waals surface area contributed by atoms with Crippen LogP contribution in [0.4, 0.5) is 17.1 Å². The fourth-order valence-corrected chi connectivity index (χ4v) is 2.33. The van der Waals surface area contributed by atoms with Crippen molar-refractivity contribution in [1.82, 2.24) is 0 Å². The summed E-state index contributed by atoms with van der Waals surface area (Å²) in [6, 6.07) is 16.1. The molecule has 0 spiro atoms. The Balaban J connectivity index is 2.01. The third-order valence-electron chi connectivity index (χ3n) is 3.44. The van der Waals surface area contributed by atoms with Crippen LogP contribution in [-0.4, -0.2) is 5.91 Å². The molecule has 0 radical (unpaired) electrons. The molecule has 0 fully saturated rings. The molecule has 2 N–H and O–H groups in total. The molecule has 3 nitrogen and oxygen atoms in total. The molecular formula is C19H24N2O. The lowest BCUT2D eigenvalue weighted by Gasteiger charge is -2.12. The minimum Gasteiger partial charge on any atom is -0.355 e. The molecule has 0 aliphatic rings. The fourth-order valence-electron chi connectivity index (χ4n) is 2.33. The van der Waals surface area contributed by atoms with Crippen LogP contribution >= 0.6 is 0 Å². The molecule has 0 unspecified atom stereocenters. The first-order valence-electron chi connectivity index (χ1n) is 7.83. The highest BCUT2D eigenvalue weighted by Gasteiger charge is 2.05. The average molecular weight is 296 g/mol. The molecule has 116 valence electrons. The van der Waals surface area contributed by atoms with Gasteiger partial charge in [-0.15, -0.1) is 0 Å². The van der Waals surface area contributed by atoms with E-state index in [2.05, 4.69) is 35.8 Å². The number of amides is 1. The number of aryl methyl sites for hydroxylation is 1. The van der Waals surface area contributed by atoms with Crippen molar-refractivity contribution in [2.45, 2.75) is 33.6 Å². The third kappa shape index (κ3) is 4.62. The Morgan fingerprint density at radius 3 is 2.27 bits per heavy atom. The van der Waals surface area contributed by atoms with E-state index in [9.17, 15) is 4.79 Å². The summed E-state index contributed by atoms with van der Waals surface area (Å²) in [7, 11) is 0. The van der Waals surface area contributed by atoms with Crippen LogP contribution in [-0.2, 0) is 11.2 Å². The molecule has 0 bridgehead atoms. The second kappa shape index (κ2) is 7.64. The van der Waals surface area contributed by atoms with Crippen LogP contribution in [0.1, 0.15) is 32.8 Å². The average Bonchev–Trinajstić information content (AvgIpc) is 2.49. The summed E-state index contributed by atoms with van der Waals surface area (Å²) in [6.07, 6.45) is 1.54. The van der Waals surface area contributed by atoms with Crippen molar-refractivity contribution in [3.63, 3.8) is 0 Å². The van der Waals surface area contributed by atoms with Crippen LogP contribution in [0.15, 0.2) is 48.5 Å². The van der Waals surface area contributed by atoms with Gasteiger partial charge in [-0.2, -0.15) is 0 Å². The lowest BCUT2D eigenvalue weighted by molar-refractivity contribution is -0.116. The number of rotatable bonds is 6. The highest BCUT2D eigenvalue weighted by Crippen LogP contribution is 2.22. The lowest BCUT2D eigenvalue weighted by atomic mass is 10.1. The van der Waals surface area contributed by atoms with Gasteiger partial charge in [0.15, 0.2) is 0 Å². The summed E-state index contributed by atoms with van der Waals surface area (Å²) in [5.74, 6) is 0.429. The second-order valence-corrected chi connectivity index (χ2v) is 5.86. The zero-order valence-electron chi connectivity index (χ0n) is 13.5. The maximum atomic E-state index is 11.8. The normalized spacial score (nSPS) is 10.5. The Morgan fingerprint density at radius 1 is 1.00 bits per heavy atom. The molecule has 3 heteroatoms. The van der Waals surface area contributed by atoms with Crippen LogP contribution in [0.3, 0.4) is 0 Å². The largest absolute Gasteiger partial charge is 0.355 e. The van der Waals surface area contributed by atoms with E-state index < -0.39 is 0 Å². The summed E-state index contributed by atoms with van der Waals surface area (Å²) >= 11 is 0. The SMILES string of the molecule is CCc1ccccc1Nc1ccc(NC(=O)CC(C)C)cc1. The number of hydrogen-bond acceptors (Lipinski definition) is 2. The van der Waals surface area contributed by atoms with Crippen LogP contribution in [0.25, 0.3) is 0 Å².